The molecule has 1 fully saturated rings. The van der Waals surface area contributed by atoms with Crippen molar-refractivity contribution in [3.05, 3.63) is 70.0 Å². The Labute approximate surface area is 160 Å². The summed E-state index contributed by atoms with van der Waals surface area (Å²) in [5, 5.41) is 0. The van der Waals surface area contributed by atoms with E-state index in [4.69, 9.17) is 9.47 Å². The first-order valence-electron chi connectivity index (χ1n) is 9.24. The maximum Gasteiger partial charge on any atom is 0.194 e. The molecule has 152 valence electrons. The lowest BCUT2D eigenvalue weighted by Gasteiger charge is -2.29. The molecule has 0 bridgehead atoms. The van der Waals surface area contributed by atoms with Crippen molar-refractivity contribution in [3.63, 3.8) is 0 Å². The summed E-state index contributed by atoms with van der Waals surface area (Å²) in [4.78, 5) is 0. The third-order valence-corrected chi connectivity index (χ3v) is 4.84. The van der Waals surface area contributed by atoms with Crippen molar-refractivity contribution in [2.75, 3.05) is 13.2 Å². The van der Waals surface area contributed by atoms with Gasteiger partial charge in [-0.25, -0.2) is 22.0 Å². The number of benzene rings is 2. The Morgan fingerprint density at radius 3 is 2.11 bits per heavy atom. The quantitative estimate of drug-likeness (QED) is 0.462. The van der Waals surface area contributed by atoms with Crippen molar-refractivity contribution in [2.45, 2.75) is 38.9 Å². The van der Waals surface area contributed by atoms with Crippen molar-refractivity contribution >= 4 is 0 Å². The van der Waals surface area contributed by atoms with Gasteiger partial charge in [0.15, 0.2) is 35.4 Å². The fraction of sp³-hybridized carbons (Fsp3) is 0.429. The van der Waals surface area contributed by atoms with Crippen LogP contribution in [0.25, 0.3) is 0 Å². The minimum absolute atomic E-state index is 0.00149. The molecule has 0 aliphatic carbocycles. The second-order valence-corrected chi connectivity index (χ2v) is 6.97. The van der Waals surface area contributed by atoms with E-state index in [-0.39, 0.29) is 35.4 Å². The maximum absolute atomic E-state index is 14.5. The first kappa shape index (κ1) is 20.7. The van der Waals surface area contributed by atoms with Gasteiger partial charge in [0.2, 0.25) is 0 Å². The molecular weight excluding hydrogens is 379 g/mol. The summed E-state index contributed by atoms with van der Waals surface area (Å²) in [6.07, 6.45) is 0.989. The molecule has 2 aromatic rings. The van der Waals surface area contributed by atoms with Gasteiger partial charge in [-0.1, -0.05) is 25.5 Å². The van der Waals surface area contributed by atoms with Crippen molar-refractivity contribution in [1.29, 1.82) is 0 Å². The number of halogens is 5. The Balaban J connectivity index is 1.69. The van der Waals surface area contributed by atoms with Crippen LogP contribution in [0.2, 0.25) is 0 Å². The monoisotopic (exact) mass is 400 g/mol. The highest BCUT2D eigenvalue weighted by molar-refractivity contribution is 5.29. The van der Waals surface area contributed by atoms with Gasteiger partial charge in [0.1, 0.15) is 0 Å². The van der Waals surface area contributed by atoms with E-state index in [0.29, 0.717) is 13.2 Å². The van der Waals surface area contributed by atoms with Crippen LogP contribution in [0.3, 0.4) is 0 Å². The zero-order chi connectivity index (χ0) is 20.3. The van der Waals surface area contributed by atoms with Crippen LogP contribution < -0.4 is 0 Å². The highest BCUT2D eigenvalue weighted by Gasteiger charge is 2.27. The molecule has 1 saturated heterocycles. The van der Waals surface area contributed by atoms with Gasteiger partial charge in [-0.3, -0.25) is 0 Å². The second kappa shape index (κ2) is 9.01. The molecule has 1 aliphatic heterocycles. The van der Waals surface area contributed by atoms with Gasteiger partial charge in [0, 0.05) is 11.5 Å². The van der Waals surface area contributed by atoms with E-state index in [1.165, 1.54) is 12.1 Å². The number of hydrogen-bond donors (Lipinski definition) is 0. The number of ether oxygens (including phenoxy) is 2. The van der Waals surface area contributed by atoms with Crippen LogP contribution in [0.15, 0.2) is 24.3 Å². The fourth-order valence-corrected chi connectivity index (χ4v) is 3.31. The van der Waals surface area contributed by atoms with E-state index in [2.05, 4.69) is 6.92 Å². The van der Waals surface area contributed by atoms with E-state index in [1.54, 1.807) is 0 Å². The molecule has 0 spiro atoms. The molecule has 2 aromatic carbocycles. The molecule has 0 aromatic heterocycles. The molecule has 1 heterocycles. The van der Waals surface area contributed by atoms with Crippen molar-refractivity contribution < 1.29 is 31.4 Å². The molecule has 28 heavy (non-hydrogen) atoms. The SMILES string of the molecule is CCCC1COC(c2ccc(CCc3cc(F)c(F)c(F)c3)c(F)c2F)OC1. The number of aryl methyl sites for hydroxylation is 2. The first-order chi connectivity index (χ1) is 13.4. The highest BCUT2D eigenvalue weighted by Crippen LogP contribution is 2.30. The van der Waals surface area contributed by atoms with E-state index in [1.807, 2.05) is 0 Å². The van der Waals surface area contributed by atoms with Gasteiger partial charge in [0.05, 0.1) is 13.2 Å². The fourth-order valence-electron chi connectivity index (χ4n) is 3.31. The van der Waals surface area contributed by atoms with Crippen LogP contribution in [0.1, 0.15) is 42.7 Å². The molecule has 1 aliphatic rings. The van der Waals surface area contributed by atoms with E-state index >= 15 is 0 Å². The number of hydrogen-bond acceptors (Lipinski definition) is 2. The maximum atomic E-state index is 14.5. The Morgan fingerprint density at radius 2 is 1.50 bits per heavy atom. The smallest absolute Gasteiger partial charge is 0.194 e. The molecular formula is C21H21F5O2. The van der Waals surface area contributed by atoms with E-state index in [0.717, 1.165) is 25.0 Å². The molecule has 0 radical (unpaired) electrons. The lowest BCUT2D eigenvalue weighted by Crippen LogP contribution is -2.27. The average Bonchev–Trinajstić information content (AvgIpc) is 2.68. The predicted octanol–water partition coefficient (Wildman–Crippen LogP) is 5.63. The van der Waals surface area contributed by atoms with E-state index < -0.39 is 35.4 Å². The van der Waals surface area contributed by atoms with Gasteiger partial charge < -0.3 is 9.47 Å². The Bertz CT molecular complexity index is 809. The first-order valence-corrected chi connectivity index (χ1v) is 9.24. The Hall–Kier alpha value is -1.99. The minimum atomic E-state index is -1.56. The summed E-state index contributed by atoms with van der Waals surface area (Å²) in [5.74, 6) is -6.06. The molecule has 0 atom stereocenters. The van der Waals surface area contributed by atoms with Gasteiger partial charge in [0.25, 0.3) is 0 Å². The zero-order valence-electron chi connectivity index (χ0n) is 15.4. The summed E-state index contributed by atoms with van der Waals surface area (Å²) in [7, 11) is 0. The topological polar surface area (TPSA) is 18.5 Å². The van der Waals surface area contributed by atoms with Gasteiger partial charge in [-0.05, 0) is 42.5 Å². The summed E-state index contributed by atoms with van der Waals surface area (Å²) >= 11 is 0. The lowest BCUT2D eigenvalue weighted by atomic mass is 10.0. The number of rotatable bonds is 6. The molecule has 3 rings (SSSR count). The van der Waals surface area contributed by atoms with Crippen LogP contribution in [0.4, 0.5) is 22.0 Å². The van der Waals surface area contributed by atoms with Crippen LogP contribution in [0.5, 0.6) is 0 Å². The largest absolute Gasteiger partial charge is 0.348 e. The highest BCUT2D eigenvalue weighted by atomic mass is 19.2. The van der Waals surface area contributed by atoms with Crippen molar-refractivity contribution in [1.82, 2.24) is 0 Å². The Kier molecular flexibility index (Phi) is 6.67. The van der Waals surface area contributed by atoms with Crippen LogP contribution >= 0.6 is 0 Å². The van der Waals surface area contributed by atoms with Crippen LogP contribution in [-0.2, 0) is 22.3 Å². The molecule has 0 amide bonds. The van der Waals surface area contributed by atoms with Crippen molar-refractivity contribution in [2.24, 2.45) is 5.92 Å². The molecule has 7 heteroatoms. The third-order valence-electron chi connectivity index (χ3n) is 4.84. The summed E-state index contributed by atoms with van der Waals surface area (Å²) in [6.45, 7) is 2.89. The molecule has 0 N–H and O–H groups in total. The average molecular weight is 400 g/mol. The van der Waals surface area contributed by atoms with Gasteiger partial charge in [-0.15, -0.1) is 0 Å². The summed E-state index contributed by atoms with van der Waals surface area (Å²) in [5.41, 5.74) is 0.183. The van der Waals surface area contributed by atoms with Gasteiger partial charge in [-0.2, -0.15) is 0 Å². The van der Waals surface area contributed by atoms with Crippen LogP contribution in [-0.4, -0.2) is 13.2 Å². The van der Waals surface area contributed by atoms with E-state index in [9.17, 15) is 22.0 Å². The third kappa shape index (κ3) is 4.52. The zero-order valence-corrected chi connectivity index (χ0v) is 15.4. The predicted molar refractivity (Wildman–Crippen MR) is 93.1 cm³/mol. The minimum Gasteiger partial charge on any atom is -0.348 e. The lowest BCUT2D eigenvalue weighted by molar-refractivity contribution is -0.207. The molecule has 2 nitrogen and oxygen atoms in total. The van der Waals surface area contributed by atoms with Crippen LogP contribution in [0, 0.1) is 35.0 Å². The summed E-state index contributed by atoms with van der Waals surface area (Å²) in [6, 6.07) is 4.48. The molecule has 0 unspecified atom stereocenters. The summed E-state index contributed by atoms with van der Waals surface area (Å²) < 4.78 is 79.5. The van der Waals surface area contributed by atoms with Crippen molar-refractivity contribution in [3.8, 4) is 0 Å². The molecule has 0 saturated carbocycles. The normalized spacial score (nSPS) is 19.8. The second-order valence-electron chi connectivity index (χ2n) is 6.97. The van der Waals surface area contributed by atoms with Gasteiger partial charge >= 0.3 is 0 Å². The Morgan fingerprint density at radius 1 is 0.857 bits per heavy atom. The standard InChI is InChI=1S/C21H21F5O2/c1-2-3-13-10-27-21(28-11-13)15-7-6-14(18(24)19(15)25)5-4-12-8-16(22)20(26)17(23)9-12/h6-9,13,21H,2-5,10-11H2,1H3.